The second kappa shape index (κ2) is 6.78. The van der Waals surface area contributed by atoms with Crippen molar-refractivity contribution in [3.8, 4) is 0 Å². The molecule has 0 spiro atoms. The van der Waals surface area contributed by atoms with Gasteiger partial charge in [0.25, 0.3) is 0 Å². The number of alkyl halides is 3. The van der Waals surface area contributed by atoms with Crippen LogP contribution in [0.5, 0.6) is 0 Å². The average Bonchev–Trinajstić information content (AvgIpc) is 2.28. The van der Waals surface area contributed by atoms with Crippen LogP contribution in [0.15, 0.2) is 0 Å². The van der Waals surface area contributed by atoms with Crippen molar-refractivity contribution >= 4 is 0 Å². The largest absolute Gasteiger partial charge is 0.391 e. The Morgan fingerprint density at radius 1 is 1.22 bits per heavy atom. The van der Waals surface area contributed by atoms with Gasteiger partial charge in [-0.25, -0.2) is 0 Å². The van der Waals surface area contributed by atoms with Crippen LogP contribution in [0.1, 0.15) is 52.9 Å². The first-order valence-electron chi connectivity index (χ1n) is 7.16. The summed E-state index contributed by atoms with van der Waals surface area (Å²) in [6, 6.07) is 0.232. The van der Waals surface area contributed by atoms with Gasteiger partial charge in [0.05, 0.1) is 5.92 Å². The summed E-state index contributed by atoms with van der Waals surface area (Å²) in [7, 11) is 0. The van der Waals surface area contributed by atoms with Crippen molar-refractivity contribution in [1.82, 2.24) is 5.32 Å². The molecular weight excluding hydrogens is 239 g/mol. The Kier molecular flexibility index (Phi) is 5.96. The Bertz CT molecular complexity index is 238. The lowest BCUT2D eigenvalue weighted by Gasteiger charge is -2.37. The third kappa shape index (κ3) is 4.45. The molecule has 0 aromatic carbocycles. The van der Waals surface area contributed by atoms with Gasteiger partial charge in [0.15, 0.2) is 0 Å². The number of hydrogen-bond donors (Lipinski definition) is 1. The Morgan fingerprint density at radius 3 is 2.39 bits per heavy atom. The normalized spacial score (nSPS) is 27.5. The molecule has 0 aromatic heterocycles. The van der Waals surface area contributed by atoms with Crippen molar-refractivity contribution in [2.24, 2.45) is 17.8 Å². The van der Waals surface area contributed by atoms with Gasteiger partial charge in [-0.1, -0.05) is 27.2 Å². The van der Waals surface area contributed by atoms with Crippen LogP contribution in [0.2, 0.25) is 0 Å². The zero-order valence-electron chi connectivity index (χ0n) is 11.7. The van der Waals surface area contributed by atoms with E-state index in [1.165, 1.54) is 0 Å². The minimum Gasteiger partial charge on any atom is -0.313 e. The number of halogens is 3. The first-order chi connectivity index (χ1) is 8.36. The van der Waals surface area contributed by atoms with Crippen molar-refractivity contribution in [3.05, 3.63) is 0 Å². The molecule has 3 unspecified atom stereocenters. The summed E-state index contributed by atoms with van der Waals surface area (Å²) in [5.41, 5.74) is 0. The summed E-state index contributed by atoms with van der Waals surface area (Å²) in [5.74, 6) is -0.508. The minimum atomic E-state index is -4.01. The molecule has 0 amide bonds. The van der Waals surface area contributed by atoms with Gasteiger partial charge in [0.2, 0.25) is 0 Å². The van der Waals surface area contributed by atoms with Crippen LogP contribution >= 0.6 is 0 Å². The van der Waals surface area contributed by atoms with E-state index in [2.05, 4.69) is 26.1 Å². The second-order valence-electron chi connectivity index (χ2n) is 5.89. The molecule has 0 radical (unpaired) electrons. The summed E-state index contributed by atoms with van der Waals surface area (Å²) in [6.07, 6.45) is -0.705. The molecule has 3 atom stereocenters. The second-order valence-corrected chi connectivity index (χ2v) is 5.89. The predicted molar refractivity (Wildman–Crippen MR) is 68.4 cm³/mol. The highest BCUT2D eigenvalue weighted by Crippen LogP contribution is 2.41. The van der Waals surface area contributed by atoms with Crippen molar-refractivity contribution in [3.63, 3.8) is 0 Å². The lowest BCUT2D eigenvalue weighted by atomic mass is 9.74. The van der Waals surface area contributed by atoms with E-state index >= 15 is 0 Å². The molecule has 4 heteroatoms. The van der Waals surface area contributed by atoms with Crippen LogP contribution in [0.3, 0.4) is 0 Å². The van der Waals surface area contributed by atoms with E-state index in [1.807, 2.05) is 0 Å². The van der Waals surface area contributed by atoms with E-state index in [4.69, 9.17) is 0 Å². The van der Waals surface area contributed by atoms with Crippen LogP contribution in [0.4, 0.5) is 13.2 Å². The van der Waals surface area contributed by atoms with Crippen molar-refractivity contribution in [2.45, 2.75) is 65.1 Å². The Hall–Kier alpha value is -0.250. The molecule has 0 aromatic rings. The molecule has 18 heavy (non-hydrogen) atoms. The van der Waals surface area contributed by atoms with Gasteiger partial charge >= 0.3 is 6.18 Å². The molecule has 1 nitrogen and oxygen atoms in total. The van der Waals surface area contributed by atoms with Gasteiger partial charge in [0.1, 0.15) is 0 Å². The lowest BCUT2D eigenvalue weighted by molar-refractivity contribution is -0.187. The smallest absolute Gasteiger partial charge is 0.313 e. The van der Waals surface area contributed by atoms with Gasteiger partial charge in [-0.15, -0.1) is 0 Å². The third-order valence-corrected chi connectivity index (χ3v) is 4.03. The standard InChI is InChI=1S/C14H26F3N/c1-4-8-18-13(10(2)3)11-6-5-7-12(9-11)14(15,16)17/h10-13,18H,4-9H2,1-3H3. The topological polar surface area (TPSA) is 12.0 Å². The highest BCUT2D eigenvalue weighted by atomic mass is 19.4. The molecule has 1 aliphatic rings. The molecule has 108 valence electrons. The summed E-state index contributed by atoms with van der Waals surface area (Å²) < 4.78 is 38.4. The van der Waals surface area contributed by atoms with Crippen molar-refractivity contribution < 1.29 is 13.2 Å². The first-order valence-corrected chi connectivity index (χ1v) is 7.16. The highest BCUT2D eigenvalue weighted by Gasteiger charge is 2.43. The minimum absolute atomic E-state index is 0.178. The zero-order chi connectivity index (χ0) is 13.8. The van der Waals surface area contributed by atoms with Crippen LogP contribution in [-0.2, 0) is 0 Å². The molecule has 1 rings (SSSR count). The molecule has 0 bridgehead atoms. The Morgan fingerprint density at radius 2 is 1.89 bits per heavy atom. The predicted octanol–water partition coefficient (Wildman–Crippen LogP) is 4.38. The van der Waals surface area contributed by atoms with Gasteiger partial charge < -0.3 is 5.32 Å². The lowest BCUT2D eigenvalue weighted by Crippen LogP contribution is -2.44. The van der Waals surface area contributed by atoms with Crippen molar-refractivity contribution in [1.29, 1.82) is 0 Å². The van der Waals surface area contributed by atoms with Crippen LogP contribution in [-0.4, -0.2) is 18.8 Å². The summed E-state index contributed by atoms with van der Waals surface area (Å²) in [6.45, 7) is 7.19. The number of nitrogens with one attached hydrogen (secondary N) is 1. The number of rotatable bonds is 5. The van der Waals surface area contributed by atoms with Gasteiger partial charge in [-0.3, -0.25) is 0 Å². The molecule has 0 heterocycles. The molecule has 1 aliphatic carbocycles. The Balaban J connectivity index is 2.62. The fourth-order valence-corrected chi connectivity index (χ4v) is 3.11. The molecule has 1 saturated carbocycles. The maximum Gasteiger partial charge on any atom is 0.391 e. The van der Waals surface area contributed by atoms with E-state index in [0.717, 1.165) is 19.4 Å². The quantitative estimate of drug-likeness (QED) is 0.778. The SMILES string of the molecule is CCCNC(C(C)C)C1CCCC(C(F)(F)F)C1. The van der Waals surface area contributed by atoms with E-state index in [0.29, 0.717) is 25.2 Å². The van der Waals surface area contributed by atoms with E-state index < -0.39 is 12.1 Å². The van der Waals surface area contributed by atoms with Crippen LogP contribution < -0.4 is 5.32 Å². The molecular formula is C14H26F3N. The van der Waals surface area contributed by atoms with Gasteiger partial charge in [-0.05, 0) is 44.1 Å². The van der Waals surface area contributed by atoms with Crippen LogP contribution in [0.25, 0.3) is 0 Å². The Labute approximate surface area is 109 Å². The monoisotopic (exact) mass is 265 g/mol. The fourth-order valence-electron chi connectivity index (χ4n) is 3.11. The van der Waals surface area contributed by atoms with E-state index in [9.17, 15) is 13.2 Å². The maximum absolute atomic E-state index is 12.8. The molecule has 1 fully saturated rings. The highest BCUT2D eigenvalue weighted by molar-refractivity contribution is 4.86. The van der Waals surface area contributed by atoms with Gasteiger partial charge in [-0.2, -0.15) is 13.2 Å². The van der Waals surface area contributed by atoms with E-state index in [1.54, 1.807) is 0 Å². The van der Waals surface area contributed by atoms with Crippen molar-refractivity contribution in [2.75, 3.05) is 6.54 Å². The van der Waals surface area contributed by atoms with Crippen LogP contribution in [0, 0.1) is 17.8 Å². The maximum atomic E-state index is 12.8. The average molecular weight is 265 g/mol. The molecule has 1 N–H and O–H groups in total. The third-order valence-electron chi connectivity index (χ3n) is 4.03. The number of hydrogen-bond acceptors (Lipinski definition) is 1. The fraction of sp³-hybridized carbons (Fsp3) is 1.00. The summed E-state index contributed by atoms with van der Waals surface area (Å²) >= 11 is 0. The van der Waals surface area contributed by atoms with E-state index in [-0.39, 0.29) is 12.0 Å². The summed E-state index contributed by atoms with van der Waals surface area (Å²) in [5, 5.41) is 3.44. The zero-order valence-corrected chi connectivity index (χ0v) is 11.7. The molecule has 0 saturated heterocycles. The van der Waals surface area contributed by atoms with Gasteiger partial charge in [0, 0.05) is 6.04 Å². The summed E-state index contributed by atoms with van der Waals surface area (Å²) in [4.78, 5) is 0. The molecule has 0 aliphatic heterocycles. The first kappa shape index (κ1) is 15.8.